The number of hydrogen-bond acceptors (Lipinski definition) is 6. The van der Waals surface area contributed by atoms with Crippen LogP contribution >= 0.6 is 0 Å². The summed E-state index contributed by atoms with van der Waals surface area (Å²) < 4.78 is 20.1. The molecule has 0 saturated carbocycles. The van der Waals surface area contributed by atoms with Gasteiger partial charge in [0.2, 0.25) is 0 Å². The molecule has 0 aliphatic rings. The Morgan fingerprint density at radius 2 is 1.72 bits per heavy atom. The lowest BCUT2D eigenvalue weighted by Crippen LogP contribution is -2.25. The van der Waals surface area contributed by atoms with Crippen LogP contribution in [0.4, 0.5) is 0 Å². The van der Waals surface area contributed by atoms with Crippen molar-refractivity contribution in [1.82, 2.24) is 5.32 Å². The van der Waals surface area contributed by atoms with Crippen molar-refractivity contribution < 1.29 is 23.7 Å². The molecule has 6 nitrogen and oxygen atoms in total. The molecule has 6 heteroatoms. The molecular weight excluding hydrogens is 238 g/mol. The van der Waals surface area contributed by atoms with Crippen LogP contribution in [0.25, 0.3) is 0 Å². The summed E-state index contributed by atoms with van der Waals surface area (Å²) in [5.41, 5.74) is 0. The summed E-state index contributed by atoms with van der Waals surface area (Å²) >= 11 is 0. The number of carbonyl (C=O) groups is 1. The van der Waals surface area contributed by atoms with Gasteiger partial charge in [0, 0.05) is 13.7 Å². The number of ether oxygens (including phenoxy) is 4. The van der Waals surface area contributed by atoms with Crippen LogP contribution in [0.2, 0.25) is 0 Å². The lowest BCUT2D eigenvalue weighted by Gasteiger charge is -2.07. The molecule has 0 spiro atoms. The molecule has 0 aliphatic heterocycles. The van der Waals surface area contributed by atoms with Crippen LogP contribution in [-0.2, 0) is 23.7 Å². The van der Waals surface area contributed by atoms with E-state index >= 15 is 0 Å². The molecule has 0 radical (unpaired) electrons. The van der Waals surface area contributed by atoms with Crippen molar-refractivity contribution in [3.8, 4) is 0 Å². The van der Waals surface area contributed by atoms with Crippen LogP contribution in [0.15, 0.2) is 12.7 Å². The predicted molar refractivity (Wildman–Crippen MR) is 67.5 cm³/mol. The monoisotopic (exact) mass is 261 g/mol. The Balaban J connectivity index is 3.10. The SMILES string of the molecule is C=CCNCC(=O)OCCOCCOCCOC. The molecule has 0 heterocycles. The first-order valence-electron chi connectivity index (χ1n) is 5.93. The van der Waals surface area contributed by atoms with Gasteiger partial charge in [-0.1, -0.05) is 6.08 Å². The lowest BCUT2D eigenvalue weighted by atomic mass is 10.5. The fourth-order valence-electron chi connectivity index (χ4n) is 1.01. The second kappa shape index (κ2) is 14.1. The van der Waals surface area contributed by atoms with Gasteiger partial charge in [0.15, 0.2) is 0 Å². The van der Waals surface area contributed by atoms with E-state index in [1.807, 2.05) is 0 Å². The molecule has 0 aromatic rings. The number of nitrogens with one attached hydrogen (secondary N) is 1. The summed E-state index contributed by atoms with van der Waals surface area (Å²) in [6.07, 6.45) is 1.68. The minimum atomic E-state index is -0.295. The summed E-state index contributed by atoms with van der Waals surface area (Å²) in [6, 6.07) is 0. The summed E-state index contributed by atoms with van der Waals surface area (Å²) in [5, 5.41) is 2.85. The van der Waals surface area contributed by atoms with Crippen LogP contribution in [0.5, 0.6) is 0 Å². The summed E-state index contributed by atoms with van der Waals surface area (Å²) in [5.74, 6) is -0.295. The molecule has 0 saturated heterocycles. The molecule has 0 amide bonds. The van der Waals surface area contributed by atoms with Gasteiger partial charge < -0.3 is 24.3 Å². The fraction of sp³-hybridized carbons (Fsp3) is 0.750. The Hall–Kier alpha value is -0.950. The van der Waals surface area contributed by atoms with Crippen molar-refractivity contribution in [3.63, 3.8) is 0 Å². The second-order valence-corrected chi connectivity index (χ2v) is 3.36. The zero-order chi connectivity index (χ0) is 13.5. The highest BCUT2D eigenvalue weighted by atomic mass is 16.6. The third kappa shape index (κ3) is 13.1. The maximum Gasteiger partial charge on any atom is 0.320 e. The topological polar surface area (TPSA) is 66.0 Å². The van der Waals surface area contributed by atoms with Gasteiger partial charge in [-0.15, -0.1) is 6.58 Å². The van der Waals surface area contributed by atoms with E-state index in [0.29, 0.717) is 39.6 Å². The Morgan fingerprint density at radius 1 is 1.11 bits per heavy atom. The number of methoxy groups -OCH3 is 1. The van der Waals surface area contributed by atoms with Gasteiger partial charge in [0.25, 0.3) is 0 Å². The van der Waals surface area contributed by atoms with Crippen molar-refractivity contribution in [3.05, 3.63) is 12.7 Å². The van der Waals surface area contributed by atoms with E-state index in [1.165, 1.54) is 0 Å². The minimum absolute atomic E-state index is 0.187. The number of carbonyl (C=O) groups excluding carboxylic acids is 1. The molecule has 0 aliphatic carbocycles. The van der Waals surface area contributed by atoms with E-state index < -0.39 is 0 Å². The van der Waals surface area contributed by atoms with Crippen molar-refractivity contribution in [1.29, 1.82) is 0 Å². The first-order chi connectivity index (χ1) is 8.81. The van der Waals surface area contributed by atoms with E-state index in [9.17, 15) is 4.79 Å². The quantitative estimate of drug-likeness (QED) is 0.286. The Labute approximate surface area is 108 Å². The van der Waals surface area contributed by atoms with Crippen molar-refractivity contribution in [2.45, 2.75) is 0 Å². The highest BCUT2D eigenvalue weighted by molar-refractivity contribution is 5.71. The third-order valence-corrected chi connectivity index (χ3v) is 1.85. The van der Waals surface area contributed by atoms with E-state index in [2.05, 4.69) is 11.9 Å². The van der Waals surface area contributed by atoms with E-state index in [0.717, 1.165) is 0 Å². The van der Waals surface area contributed by atoms with Crippen LogP contribution < -0.4 is 5.32 Å². The standard InChI is InChI=1S/C12H23NO5/c1-3-4-13-11-12(14)18-10-9-17-8-7-16-6-5-15-2/h3,13H,1,4-11H2,2H3. The average Bonchev–Trinajstić information content (AvgIpc) is 2.37. The van der Waals surface area contributed by atoms with Gasteiger partial charge in [-0.25, -0.2) is 0 Å². The molecule has 1 N–H and O–H groups in total. The van der Waals surface area contributed by atoms with Crippen LogP contribution in [0, 0.1) is 0 Å². The second-order valence-electron chi connectivity index (χ2n) is 3.36. The van der Waals surface area contributed by atoms with Gasteiger partial charge in [0.1, 0.15) is 6.61 Å². The summed E-state index contributed by atoms with van der Waals surface area (Å²) in [7, 11) is 1.62. The molecule has 18 heavy (non-hydrogen) atoms. The first kappa shape index (κ1) is 17.1. The normalized spacial score (nSPS) is 10.3. The molecule has 0 atom stereocenters. The van der Waals surface area contributed by atoms with Crippen molar-refractivity contribution >= 4 is 5.97 Å². The van der Waals surface area contributed by atoms with Gasteiger partial charge in [-0.05, 0) is 0 Å². The molecule has 0 rings (SSSR count). The molecule has 0 unspecified atom stereocenters. The molecule has 0 fully saturated rings. The van der Waals surface area contributed by atoms with Gasteiger partial charge in [-0.3, -0.25) is 4.79 Å². The van der Waals surface area contributed by atoms with Crippen LogP contribution in [-0.4, -0.2) is 65.8 Å². The number of hydrogen-bond donors (Lipinski definition) is 1. The maximum absolute atomic E-state index is 11.1. The molecule has 106 valence electrons. The fourth-order valence-corrected chi connectivity index (χ4v) is 1.01. The average molecular weight is 261 g/mol. The lowest BCUT2D eigenvalue weighted by molar-refractivity contribution is -0.144. The summed E-state index contributed by atoms with van der Waals surface area (Å²) in [4.78, 5) is 11.1. The van der Waals surface area contributed by atoms with Crippen molar-refractivity contribution in [2.75, 3.05) is 59.8 Å². The van der Waals surface area contributed by atoms with E-state index in [1.54, 1.807) is 13.2 Å². The Kier molecular flexibility index (Phi) is 13.4. The Morgan fingerprint density at radius 3 is 2.33 bits per heavy atom. The zero-order valence-corrected chi connectivity index (χ0v) is 11.0. The summed E-state index contributed by atoms with van der Waals surface area (Å²) in [6.45, 7) is 7.06. The van der Waals surface area contributed by atoms with Gasteiger partial charge in [-0.2, -0.15) is 0 Å². The van der Waals surface area contributed by atoms with Gasteiger partial charge in [0.05, 0.1) is 39.6 Å². The van der Waals surface area contributed by atoms with Crippen LogP contribution in [0.3, 0.4) is 0 Å². The molecular formula is C12H23NO5. The Bertz CT molecular complexity index is 211. The van der Waals surface area contributed by atoms with Gasteiger partial charge >= 0.3 is 5.97 Å². The molecule has 0 aromatic heterocycles. The highest BCUT2D eigenvalue weighted by Gasteiger charge is 2.00. The minimum Gasteiger partial charge on any atom is -0.462 e. The smallest absolute Gasteiger partial charge is 0.320 e. The molecule has 0 aromatic carbocycles. The largest absolute Gasteiger partial charge is 0.462 e. The van der Waals surface area contributed by atoms with E-state index in [4.69, 9.17) is 18.9 Å². The van der Waals surface area contributed by atoms with E-state index in [-0.39, 0.29) is 19.1 Å². The number of rotatable bonds is 13. The maximum atomic E-state index is 11.1. The third-order valence-electron chi connectivity index (χ3n) is 1.85. The number of esters is 1. The van der Waals surface area contributed by atoms with Crippen molar-refractivity contribution in [2.24, 2.45) is 0 Å². The molecule has 0 bridgehead atoms. The zero-order valence-electron chi connectivity index (χ0n) is 11.0. The van der Waals surface area contributed by atoms with Crippen LogP contribution in [0.1, 0.15) is 0 Å². The first-order valence-corrected chi connectivity index (χ1v) is 5.93. The predicted octanol–water partition coefficient (Wildman–Crippen LogP) is -0.0152. The highest BCUT2D eigenvalue weighted by Crippen LogP contribution is 1.82.